The highest BCUT2D eigenvalue weighted by molar-refractivity contribution is 8.00. The van der Waals surface area contributed by atoms with Crippen molar-refractivity contribution in [1.82, 2.24) is 10.9 Å². The van der Waals surface area contributed by atoms with Crippen LogP contribution in [0.1, 0.15) is 6.92 Å². The van der Waals surface area contributed by atoms with Gasteiger partial charge in [-0.25, -0.2) is 4.84 Å². The lowest BCUT2D eigenvalue weighted by molar-refractivity contribution is -0.830. The number of nitrogens with two attached hydrogens (primary N) is 1. The largest absolute Gasteiger partial charge is 0.274 e. The van der Waals surface area contributed by atoms with Crippen LogP contribution in [0.2, 0.25) is 0 Å². The number of thioether (sulfide) groups is 1. The van der Waals surface area contributed by atoms with Gasteiger partial charge in [0.15, 0.2) is 5.69 Å². The summed E-state index contributed by atoms with van der Waals surface area (Å²) in [5, 5.41) is 0. The van der Waals surface area contributed by atoms with Crippen LogP contribution in [-0.4, -0.2) is 24.7 Å². The summed E-state index contributed by atoms with van der Waals surface area (Å²) in [5.74, 6) is -0.302. The summed E-state index contributed by atoms with van der Waals surface area (Å²) in [7, 11) is 1.59. The molecule has 1 aromatic carbocycles. The van der Waals surface area contributed by atoms with Crippen LogP contribution in [0.5, 0.6) is 0 Å². The molecule has 1 aromatic rings. The van der Waals surface area contributed by atoms with Crippen molar-refractivity contribution in [3.63, 3.8) is 0 Å². The summed E-state index contributed by atoms with van der Waals surface area (Å²) < 4.78 is 0. The van der Waals surface area contributed by atoms with Gasteiger partial charge in [-0.15, -0.1) is 11.8 Å². The van der Waals surface area contributed by atoms with Crippen molar-refractivity contribution < 1.29 is 19.9 Å². The van der Waals surface area contributed by atoms with E-state index in [0.717, 1.165) is 10.6 Å². The van der Waals surface area contributed by atoms with Crippen molar-refractivity contribution in [3.8, 4) is 0 Å². The number of nitrogens with one attached hydrogen (secondary N) is 2. The van der Waals surface area contributed by atoms with Gasteiger partial charge in [0.2, 0.25) is 11.8 Å². The first-order chi connectivity index (χ1) is 8.61. The molecule has 0 aliphatic rings. The molecule has 1 rings (SSSR count). The number of hydrogen-bond donors (Lipinski definition) is 3. The van der Waals surface area contributed by atoms with E-state index >= 15 is 0 Å². The Morgan fingerprint density at radius 2 is 1.94 bits per heavy atom. The lowest BCUT2D eigenvalue weighted by atomic mass is 10.3. The highest BCUT2D eigenvalue weighted by Gasteiger charge is 2.03. The van der Waals surface area contributed by atoms with E-state index in [4.69, 9.17) is 4.84 Å². The van der Waals surface area contributed by atoms with E-state index in [9.17, 15) is 9.59 Å². The molecule has 0 aliphatic heterocycles. The van der Waals surface area contributed by atoms with E-state index in [0.29, 0.717) is 0 Å². The first kappa shape index (κ1) is 14.5. The summed E-state index contributed by atoms with van der Waals surface area (Å²) >= 11 is 1.39. The first-order valence-electron chi connectivity index (χ1n) is 5.26. The van der Waals surface area contributed by atoms with Gasteiger partial charge in [-0.3, -0.25) is 20.4 Å². The van der Waals surface area contributed by atoms with Crippen LogP contribution < -0.4 is 16.3 Å². The molecule has 0 heterocycles. The smallest absolute Gasteiger partial charge is 0.248 e. The number of hydrogen-bond acceptors (Lipinski definition) is 4. The second-order valence-corrected chi connectivity index (χ2v) is 4.49. The van der Waals surface area contributed by atoms with Crippen LogP contribution in [0.4, 0.5) is 5.69 Å². The number of carbonyl (C=O) groups excluding carboxylic acids is 2. The molecule has 0 aromatic heterocycles. The maximum Gasteiger partial charge on any atom is 0.248 e. The molecule has 0 aliphatic carbocycles. The van der Waals surface area contributed by atoms with Crippen LogP contribution in [0.25, 0.3) is 0 Å². The normalized spacial score (nSPS) is 9.89. The molecule has 4 N–H and O–H groups in total. The van der Waals surface area contributed by atoms with Gasteiger partial charge >= 0.3 is 0 Å². The quantitative estimate of drug-likeness (QED) is 0.390. The third kappa shape index (κ3) is 5.67. The molecule has 0 bridgehead atoms. The zero-order valence-electron chi connectivity index (χ0n) is 10.2. The fourth-order valence-electron chi connectivity index (χ4n) is 1.12. The van der Waals surface area contributed by atoms with Gasteiger partial charge in [0.05, 0.1) is 12.9 Å². The summed E-state index contributed by atoms with van der Waals surface area (Å²) in [6, 6.07) is 7.61. The lowest BCUT2D eigenvalue weighted by Crippen LogP contribution is -2.75. The minimum atomic E-state index is -0.298. The molecular formula is C11H16N3O3S+. The molecule has 18 heavy (non-hydrogen) atoms. The van der Waals surface area contributed by atoms with E-state index in [-0.39, 0.29) is 17.6 Å². The van der Waals surface area contributed by atoms with Gasteiger partial charge in [-0.2, -0.15) is 5.48 Å². The van der Waals surface area contributed by atoms with Crippen LogP contribution >= 0.6 is 11.8 Å². The van der Waals surface area contributed by atoms with E-state index in [1.54, 1.807) is 12.6 Å². The van der Waals surface area contributed by atoms with Crippen LogP contribution in [0, 0.1) is 0 Å². The van der Waals surface area contributed by atoms with Crippen LogP contribution in [0.3, 0.4) is 0 Å². The highest BCUT2D eigenvalue weighted by atomic mass is 32.2. The molecule has 0 saturated heterocycles. The standard InChI is InChI=1S/C11H15N3O3S/c1-8(15)12-13-11(16)7-18-10-5-3-9(4-6-10)14-17-2/h3-6,14H,7H2,1-2H3,(H,12,15)(H,13,16)/p+1. The van der Waals surface area contributed by atoms with E-state index < -0.39 is 0 Å². The average Bonchev–Trinajstić information content (AvgIpc) is 2.36. The number of rotatable bonds is 5. The topological polar surface area (TPSA) is 84.0 Å². The Morgan fingerprint density at radius 1 is 1.28 bits per heavy atom. The van der Waals surface area contributed by atoms with Crippen molar-refractivity contribution in [1.29, 1.82) is 0 Å². The monoisotopic (exact) mass is 270 g/mol. The fourth-order valence-corrected chi connectivity index (χ4v) is 1.82. The Kier molecular flexibility index (Phi) is 6.20. The van der Waals surface area contributed by atoms with Crippen molar-refractivity contribution >= 4 is 29.3 Å². The summed E-state index contributed by atoms with van der Waals surface area (Å²) in [6.45, 7) is 1.33. The number of carbonyl (C=O) groups is 2. The second-order valence-electron chi connectivity index (χ2n) is 3.44. The number of hydrazine groups is 1. The van der Waals surface area contributed by atoms with Crippen LogP contribution in [0.15, 0.2) is 29.2 Å². The Hall–Kier alpha value is -1.57. The molecule has 0 saturated carbocycles. The lowest BCUT2D eigenvalue weighted by Gasteiger charge is -2.05. The minimum absolute atomic E-state index is 0.244. The predicted octanol–water partition coefficient (Wildman–Crippen LogP) is -0.298. The van der Waals surface area contributed by atoms with Crippen LogP contribution in [-0.2, 0) is 14.4 Å². The zero-order chi connectivity index (χ0) is 13.4. The van der Waals surface area contributed by atoms with Gasteiger partial charge in [0, 0.05) is 24.0 Å². The summed E-state index contributed by atoms with van der Waals surface area (Å²) in [5.41, 5.74) is 7.13. The molecule has 0 unspecified atom stereocenters. The number of amides is 2. The average molecular weight is 270 g/mol. The maximum absolute atomic E-state index is 11.3. The number of quaternary nitrogens is 1. The van der Waals surface area contributed by atoms with Gasteiger partial charge in [0.1, 0.15) is 0 Å². The van der Waals surface area contributed by atoms with Gasteiger partial charge < -0.3 is 0 Å². The summed E-state index contributed by atoms with van der Waals surface area (Å²) in [4.78, 5) is 27.7. The first-order valence-corrected chi connectivity index (χ1v) is 6.24. The van der Waals surface area contributed by atoms with Crippen molar-refractivity contribution in [2.24, 2.45) is 0 Å². The van der Waals surface area contributed by atoms with E-state index in [1.807, 2.05) is 24.3 Å². The number of benzene rings is 1. The van der Waals surface area contributed by atoms with E-state index in [2.05, 4.69) is 10.9 Å². The Balaban J connectivity index is 2.34. The molecule has 0 spiro atoms. The Bertz CT molecular complexity index is 408. The predicted molar refractivity (Wildman–Crippen MR) is 67.7 cm³/mol. The molecular weight excluding hydrogens is 254 g/mol. The Labute approximate surface area is 109 Å². The highest BCUT2D eigenvalue weighted by Crippen LogP contribution is 2.18. The fraction of sp³-hybridized carbons (Fsp3) is 0.273. The third-order valence-corrected chi connectivity index (χ3v) is 2.89. The van der Waals surface area contributed by atoms with Gasteiger partial charge in [-0.1, -0.05) is 0 Å². The second kappa shape index (κ2) is 7.70. The SMILES string of the molecule is CO[NH2+]c1ccc(SCC(=O)NNC(C)=O)cc1. The molecule has 0 fully saturated rings. The van der Waals surface area contributed by atoms with Crippen molar-refractivity contribution in [2.45, 2.75) is 11.8 Å². The third-order valence-electron chi connectivity index (χ3n) is 1.88. The van der Waals surface area contributed by atoms with E-state index in [1.165, 1.54) is 18.7 Å². The molecule has 0 atom stereocenters. The zero-order valence-corrected chi connectivity index (χ0v) is 11.0. The van der Waals surface area contributed by atoms with Gasteiger partial charge in [0.25, 0.3) is 0 Å². The van der Waals surface area contributed by atoms with Crippen molar-refractivity contribution in [2.75, 3.05) is 12.9 Å². The summed E-state index contributed by atoms with van der Waals surface area (Å²) in [6.07, 6.45) is 0. The maximum atomic E-state index is 11.3. The minimum Gasteiger partial charge on any atom is -0.274 e. The Morgan fingerprint density at radius 3 is 2.50 bits per heavy atom. The molecule has 2 amide bonds. The molecule has 7 heteroatoms. The molecule has 0 radical (unpaired) electrons. The van der Waals surface area contributed by atoms with Crippen molar-refractivity contribution in [3.05, 3.63) is 24.3 Å². The van der Waals surface area contributed by atoms with Gasteiger partial charge in [-0.05, 0) is 12.1 Å². The molecule has 6 nitrogen and oxygen atoms in total. The molecule has 98 valence electrons.